The summed E-state index contributed by atoms with van der Waals surface area (Å²) in [6.07, 6.45) is 2.31. The quantitative estimate of drug-likeness (QED) is 0.490. The van der Waals surface area contributed by atoms with Gasteiger partial charge in [0.25, 0.3) is 0 Å². The second-order valence-corrected chi connectivity index (χ2v) is 5.63. The van der Waals surface area contributed by atoms with Gasteiger partial charge in [0.15, 0.2) is 0 Å². The number of amides is 1. The van der Waals surface area contributed by atoms with Crippen molar-refractivity contribution < 1.29 is 4.79 Å². The van der Waals surface area contributed by atoms with Crippen LogP contribution in [0.3, 0.4) is 0 Å². The summed E-state index contributed by atoms with van der Waals surface area (Å²) >= 11 is 0. The molecule has 4 heteroatoms. The van der Waals surface area contributed by atoms with Crippen LogP contribution >= 0.6 is 0 Å². The smallest absolute Gasteiger partial charge is 0.238 e. The average Bonchev–Trinajstić information content (AvgIpc) is 2.54. The predicted octanol–water partition coefficient (Wildman–Crippen LogP) is 2.71. The van der Waals surface area contributed by atoms with Crippen molar-refractivity contribution in [3.63, 3.8) is 0 Å². The van der Waals surface area contributed by atoms with E-state index in [-0.39, 0.29) is 13.3 Å². The van der Waals surface area contributed by atoms with E-state index in [2.05, 4.69) is 60.8 Å². The van der Waals surface area contributed by atoms with Gasteiger partial charge in [0, 0.05) is 19.8 Å². The molecule has 0 heterocycles. The van der Waals surface area contributed by atoms with E-state index in [1.54, 1.807) is 0 Å². The molecule has 0 aliphatic rings. The Morgan fingerprint density at radius 2 is 1.61 bits per heavy atom. The van der Waals surface area contributed by atoms with E-state index in [0.29, 0.717) is 6.42 Å². The topological polar surface area (TPSA) is 58.4 Å². The summed E-state index contributed by atoms with van der Waals surface area (Å²) in [5.41, 5.74) is 6.94. The lowest BCUT2D eigenvalue weighted by molar-refractivity contribution is -0.120. The maximum Gasteiger partial charge on any atom is 0.238 e. The van der Waals surface area contributed by atoms with Crippen LogP contribution in [0.5, 0.6) is 0 Å². The molecule has 0 fully saturated rings. The summed E-state index contributed by atoms with van der Waals surface area (Å²) < 4.78 is 0. The number of carbonyl (C=O) groups is 1. The van der Waals surface area contributed by atoms with Gasteiger partial charge in [-0.3, -0.25) is 10.2 Å². The molecule has 2 rings (SSSR count). The van der Waals surface area contributed by atoms with E-state index in [1.165, 1.54) is 16.8 Å². The van der Waals surface area contributed by atoms with Gasteiger partial charge >= 0.3 is 0 Å². The second kappa shape index (κ2) is 8.96. The van der Waals surface area contributed by atoms with E-state index in [0.717, 1.165) is 18.4 Å². The Kier molecular flexibility index (Phi) is 7.29. The van der Waals surface area contributed by atoms with Gasteiger partial charge in [0.05, 0.1) is 6.42 Å². The molecule has 23 heavy (non-hydrogen) atoms. The molecule has 0 aliphatic carbocycles. The number of benzene rings is 2. The molecule has 2 aromatic rings. The van der Waals surface area contributed by atoms with Gasteiger partial charge in [-0.2, -0.15) is 0 Å². The zero-order valence-corrected chi connectivity index (χ0v) is 13.2. The average molecular weight is 313 g/mol. The Hall–Kier alpha value is -2.33. The first kappa shape index (κ1) is 18.7. The minimum Gasteiger partial charge on any atom is -0.378 e. The zero-order valence-electron chi connectivity index (χ0n) is 13.2. The maximum absolute atomic E-state index is 11.2. The molecule has 3 N–H and O–H groups in total. The van der Waals surface area contributed by atoms with Gasteiger partial charge in [-0.05, 0) is 41.7 Å². The number of nitrogens with one attached hydrogen (secondary N) is 1. The summed E-state index contributed by atoms with van der Waals surface area (Å²) in [6.45, 7) is 0. The first-order valence-electron chi connectivity index (χ1n) is 7.42. The fraction of sp³-hybridized carbons (Fsp3) is 0.316. The molecular weight excluding hydrogens is 286 g/mol. The van der Waals surface area contributed by atoms with Gasteiger partial charge < -0.3 is 4.90 Å². The largest absolute Gasteiger partial charge is 0.378 e. The monoisotopic (exact) mass is 313 g/mol. The zero-order chi connectivity index (χ0) is 15.9. The summed E-state index contributed by atoms with van der Waals surface area (Å²) in [6, 6.07) is 16.7. The van der Waals surface area contributed by atoms with Gasteiger partial charge in [-0.15, -0.1) is 0 Å². The summed E-state index contributed by atoms with van der Waals surface area (Å²) in [5.74, 6) is 4.92. The van der Waals surface area contributed by atoms with Crippen molar-refractivity contribution in [2.45, 2.75) is 26.7 Å². The first-order chi connectivity index (χ1) is 10.6. The highest BCUT2D eigenvalue weighted by atomic mass is 16.2. The molecule has 0 radical (unpaired) electrons. The van der Waals surface area contributed by atoms with Gasteiger partial charge in [-0.1, -0.05) is 43.8 Å². The minimum atomic E-state index is -0.173. The Bertz CT molecular complexity index is 621. The molecular formula is C19H27N3O. The van der Waals surface area contributed by atoms with Gasteiger partial charge in [-0.25, -0.2) is 5.84 Å². The minimum absolute atomic E-state index is 0. The lowest BCUT2D eigenvalue weighted by atomic mass is 10.0. The lowest BCUT2D eigenvalue weighted by Crippen LogP contribution is -2.31. The first-order valence-corrected chi connectivity index (χ1v) is 7.42. The number of rotatable bonds is 6. The number of carbonyl (C=O) groups excluding carboxylic acids is 1. The highest BCUT2D eigenvalue weighted by Crippen LogP contribution is 2.15. The van der Waals surface area contributed by atoms with Crippen molar-refractivity contribution in [2.75, 3.05) is 19.0 Å². The molecule has 0 unspecified atom stereocenters. The second-order valence-electron chi connectivity index (χ2n) is 5.63. The number of hydrogen-bond acceptors (Lipinski definition) is 3. The van der Waals surface area contributed by atoms with E-state index in [9.17, 15) is 4.79 Å². The maximum atomic E-state index is 11.2. The number of nitrogens with zero attached hydrogens (tertiary/aromatic N) is 1. The molecule has 1 amide bonds. The molecule has 0 bridgehead atoms. The lowest BCUT2D eigenvalue weighted by Gasteiger charge is -2.13. The van der Waals surface area contributed by atoms with Crippen LogP contribution in [0.1, 0.15) is 24.1 Å². The molecule has 2 aromatic carbocycles. The number of hydrogen-bond donors (Lipinski definition) is 2. The number of nitrogens with two attached hydrogens (primary N) is 1. The normalized spacial score (nSPS) is 9.87. The number of anilines is 1. The fourth-order valence-corrected chi connectivity index (χ4v) is 2.34. The third-order valence-electron chi connectivity index (χ3n) is 3.68. The summed E-state index contributed by atoms with van der Waals surface area (Å²) in [7, 11) is 4.10. The Morgan fingerprint density at radius 3 is 2.22 bits per heavy atom. The Labute approximate surface area is 139 Å². The van der Waals surface area contributed by atoms with Crippen LogP contribution in [-0.2, 0) is 24.1 Å². The molecule has 4 nitrogen and oxygen atoms in total. The summed E-state index contributed by atoms with van der Waals surface area (Å²) in [5, 5.41) is 0. The molecule has 0 spiro atoms. The van der Waals surface area contributed by atoms with Crippen molar-refractivity contribution in [3.8, 4) is 0 Å². The molecule has 0 aromatic heterocycles. The van der Waals surface area contributed by atoms with Crippen LogP contribution < -0.4 is 16.2 Å². The van der Waals surface area contributed by atoms with Crippen molar-refractivity contribution in [1.29, 1.82) is 0 Å². The summed E-state index contributed by atoms with van der Waals surface area (Å²) in [4.78, 5) is 13.3. The molecule has 124 valence electrons. The van der Waals surface area contributed by atoms with E-state index in [4.69, 9.17) is 5.84 Å². The Morgan fingerprint density at radius 1 is 1.00 bits per heavy atom. The van der Waals surface area contributed by atoms with Gasteiger partial charge in [0.2, 0.25) is 5.91 Å². The number of aryl methyl sites for hydroxylation is 2. The van der Waals surface area contributed by atoms with Gasteiger partial charge in [0.1, 0.15) is 0 Å². The number of hydrazine groups is 1. The standard InChI is InChI=1S/C18H23N3O.CH4/c1-21(2)17-5-3-4-15(12-17)9-6-14-7-10-16(11-8-14)13-18(22)20-19;/h3-5,7-8,10-12H,6,9,13,19H2,1-2H3,(H,20,22);1H4. The van der Waals surface area contributed by atoms with Crippen LogP contribution in [0.15, 0.2) is 48.5 Å². The molecule has 0 atom stereocenters. The van der Waals surface area contributed by atoms with E-state index >= 15 is 0 Å². The van der Waals surface area contributed by atoms with Crippen molar-refractivity contribution in [2.24, 2.45) is 5.84 Å². The molecule has 0 saturated heterocycles. The van der Waals surface area contributed by atoms with Crippen LogP contribution in [0.2, 0.25) is 0 Å². The molecule has 0 aliphatic heterocycles. The van der Waals surface area contributed by atoms with Crippen molar-refractivity contribution >= 4 is 11.6 Å². The third kappa shape index (κ3) is 5.75. The third-order valence-corrected chi connectivity index (χ3v) is 3.68. The van der Waals surface area contributed by atoms with Crippen LogP contribution in [-0.4, -0.2) is 20.0 Å². The van der Waals surface area contributed by atoms with E-state index in [1.807, 2.05) is 12.1 Å². The van der Waals surface area contributed by atoms with E-state index < -0.39 is 0 Å². The predicted molar refractivity (Wildman–Crippen MR) is 97.4 cm³/mol. The van der Waals surface area contributed by atoms with Crippen LogP contribution in [0, 0.1) is 0 Å². The molecule has 0 saturated carbocycles. The fourth-order valence-electron chi connectivity index (χ4n) is 2.34. The van der Waals surface area contributed by atoms with Crippen molar-refractivity contribution in [3.05, 3.63) is 65.2 Å². The SMILES string of the molecule is C.CN(C)c1cccc(CCc2ccc(CC(=O)NN)cc2)c1. The highest BCUT2D eigenvalue weighted by Gasteiger charge is 2.02. The van der Waals surface area contributed by atoms with Crippen LogP contribution in [0.4, 0.5) is 5.69 Å². The highest BCUT2D eigenvalue weighted by molar-refractivity contribution is 5.77. The van der Waals surface area contributed by atoms with Crippen LogP contribution in [0.25, 0.3) is 0 Å². The van der Waals surface area contributed by atoms with Crippen molar-refractivity contribution in [1.82, 2.24) is 5.43 Å². The Balaban J connectivity index is 0.00000264.